The van der Waals surface area contributed by atoms with Gasteiger partial charge in [0.2, 0.25) is 0 Å². The summed E-state index contributed by atoms with van der Waals surface area (Å²) >= 11 is 3.38. The molecule has 2 nitrogen and oxygen atoms in total. The van der Waals surface area contributed by atoms with Gasteiger partial charge in [0, 0.05) is 22.6 Å². The van der Waals surface area contributed by atoms with Gasteiger partial charge in [-0.1, -0.05) is 29.8 Å². The lowest BCUT2D eigenvalue weighted by Crippen LogP contribution is -2.34. The van der Waals surface area contributed by atoms with Crippen LogP contribution < -0.4 is 0 Å². The number of halogens is 1. The molecular formula is C14H18BrNO. The van der Waals surface area contributed by atoms with Crippen LogP contribution in [0.2, 0.25) is 0 Å². The third-order valence-electron chi connectivity index (χ3n) is 3.33. The molecule has 0 N–H and O–H groups in total. The fourth-order valence-electron chi connectivity index (χ4n) is 2.62. The molecule has 1 heterocycles. The van der Waals surface area contributed by atoms with E-state index in [1.807, 2.05) is 29.2 Å². The first-order valence-electron chi connectivity index (χ1n) is 5.96. The molecule has 92 valence electrons. The minimum absolute atomic E-state index is 0.149. The Kier molecular flexibility index (Phi) is 3.30. The van der Waals surface area contributed by atoms with Crippen molar-refractivity contribution >= 4 is 21.8 Å². The zero-order valence-electron chi connectivity index (χ0n) is 10.5. The molecule has 0 aromatic heterocycles. The number of benzene rings is 1. The molecule has 1 fully saturated rings. The maximum atomic E-state index is 12.4. The number of hydrogen-bond acceptors (Lipinski definition) is 1. The van der Waals surface area contributed by atoms with Crippen LogP contribution in [-0.4, -0.2) is 23.4 Å². The highest BCUT2D eigenvalue weighted by molar-refractivity contribution is 9.10. The zero-order chi connectivity index (χ0) is 12.6. The molecule has 1 aromatic carbocycles. The molecule has 0 saturated carbocycles. The third kappa shape index (κ3) is 2.71. The Morgan fingerprint density at radius 3 is 2.41 bits per heavy atom. The minimum atomic E-state index is 0.149. The van der Waals surface area contributed by atoms with Gasteiger partial charge < -0.3 is 4.90 Å². The first-order valence-corrected chi connectivity index (χ1v) is 6.75. The Morgan fingerprint density at radius 1 is 1.35 bits per heavy atom. The van der Waals surface area contributed by atoms with E-state index in [-0.39, 0.29) is 11.3 Å². The third-order valence-corrected chi connectivity index (χ3v) is 3.86. The summed E-state index contributed by atoms with van der Waals surface area (Å²) in [5.74, 6) is 0.149. The highest BCUT2D eigenvalue weighted by Crippen LogP contribution is 2.34. The average Bonchev–Trinajstić information content (AvgIpc) is 2.52. The minimum Gasteiger partial charge on any atom is -0.335 e. The van der Waals surface area contributed by atoms with Crippen molar-refractivity contribution in [3.63, 3.8) is 0 Å². The number of rotatable bonds is 1. The van der Waals surface area contributed by atoms with Gasteiger partial charge >= 0.3 is 0 Å². The molecule has 1 aliphatic rings. The van der Waals surface area contributed by atoms with Gasteiger partial charge in [-0.05, 0) is 43.0 Å². The van der Waals surface area contributed by atoms with Crippen molar-refractivity contribution in [2.45, 2.75) is 33.2 Å². The Labute approximate surface area is 111 Å². The van der Waals surface area contributed by atoms with E-state index < -0.39 is 0 Å². The molecule has 0 unspecified atom stereocenters. The molecule has 1 amide bonds. The second kappa shape index (κ2) is 4.45. The molecule has 1 aromatic rings. The van der Waals surface area contributed by atoms with Crippen LogP contribution in [0.15, 0.2) is 28.7 Å². The predicted molar refractivity (Wildman–Crippen MR) is 73.0 cm³/mol. The highest BCUT2D eigenvalue weighted by atomic mass is 79.9. The van der Waals surface area contributed by atoms with Gasteiger partial charge in [-0.3, -0.25) is 4.79 Å². The summed E-state index contributed by atoms with van der Waals surface area (Å²) in [6.45, 7) is 7.42. The molecular weight excluding hydrogens is 278 g/mol. The van der Waals surface area contributed by atoms with Crippen molar-refractivity contribution in [2.75, 3.05) is 6.54 Å². The maximum Gasteiger partial charge on any atom is 0.254 e. The Hall–Kier alpha value is -0.830. The average molecular weight is 296 g/mol. The van der Waals surface area contributed by atoms with Crippen LogP contribution in [0.1, 0.15) is 37.6 Å². The summed E-state index contributed by atoms with van der Waals surface area (Å²) in [4.78, 5) is 14.4. The van der Waals surface area contributed by atoms with Gasteiger partial charge in [0.15, 0.2) is 0 Å². The normalized spacial score (nSPS) is 22.8. The molecule has 3 heteroatoms. The number of hydrogen-bond donors (Lipinski definition) is 0. The van der Waals surface area contributed by atoms with Crippen LogP contribution in [-0.2, 0) is 0 Å². The predicted octanol–water partition coefficient (Wildman–Crippen LogP) is 3.71. The van der Waals surface area contributed by atoms with Gasteiger partial charge in [0.1, 0.15) is 0 Å². The second-order valence-electron chi connectivity index (χ2n) is 5.66. The van der Waals surface area contributed by atoms with Gasteiger partial charge in [-0.15, -0.1) is 0 Å². The van der Waals surface area contributed by atoms with Gasteiger partial charge in [-0.25, -0.2) is 0 Å². The van der Waals surface area contributed by atoms with E-state index in [0.717, 1.165) is 23.0 Å². The van der Waals surface area contributed by atoms with Gasteiger partial charge in [-0.2, -0.15) is 0 Å². The van der Waals surface area contributed by atoms with Crippen molar-refractivity contribution in [3.8, 4) is 0 Å². The SMILES string of the molecule is C[C@@H]1CC(C)(C)CN1C(=O)c1ccc(Br)cc1. The largest absolute Gasteiger partial charge is 0.335 e. The van der Waals surface area contributed by atoms with Crippen LogP contribution >= 0.6 is 15.9 Å². The number of nitrogens with zero attached hydrogens (tertiary/aromatic N) is 1. The molecule has 0 bridgehead atoms. The smallest absolute Gasteiger partial charge is 0.254 e. The molecule has 1 aliphatic heterocycles. The molecule has 1 atom stereocenters. The van der Waals surface area contributed by atoms with E-state index in [0.29, 0.717) is 6.04 Å². The molecule has 0 radical (unpaired) electrons. The standard InChI is InChI=1S/C14H18BrNO/c1-10-8-14(2,3)9-16(10)13(17)11-4-6-12(15)7-5-11/h4-7,10H,8-9H2,1-3H3/t10-/m1/s1. The van der Waals surface area contributed by atoms with E-state index in [2.05, 4.69) is 36.7 Å². The molecule has 0 spiro atoms. The van der Waals surface area contributed by atoms with Crippen molar-refractivity contribution in [1.29, 1.82) is 0 Å². The van der Waals surface area contributed by atoms with Crippen LogP contribution in [0.5, 0.6) is 0 Å². The van der Waals surface area contributed by atoms with Crippen molar-refractivity contribution in [2.24, 2.45) is 5.41 Å². The second-order valence-corrected chi connectivity index (χ2v) is 6.57. The number of carbonyl (C=O) groups excluding carboxylic acids is 1. The van der Waals surface area contributed by atoms with E-state index in [1.165, 1.54) is 0 Å². The van der Waals surface area contributed by atoms with Crippen molar-refractivity contribution in [3.05, 3.63) is 34.3 Å². The number of carbonyl (C=O) groups is 1. The molecule has 1 saturated heterocycles. The lowest BCUT2D eigenvalue weighted by molar-refractivity contribution is 0.0736. The summed E-state index contributed by atoms with van der Waals surface area (Å²) in [6.07, 6.45) is 1.08. The summed E-state index contributed by atoms with van der Waals surface area (Å²) in [5, 5.41) is 0. The topological polar surface area (TPSA) is 20.3 Å². The highest BCUT2D eigenvalue weighted by Gasteiger charge is 2.37. The van der Waals surface area contributed by atoms with Gasteiger partial charge in [0.05, 0.1) is 0 Å². The molecule has 17 heavy (non-hydrogen) atoms. The van der Waals surface area contributed by atoms with Crippen LogP contribution in [0.3, 0.4) is 0 Å². The molecule has 2 rings (SSSR count). The monoisotopic (exact) mass is 295 g/mol. The van der Waals surface area contributed by atoms with E-state index in [4.69, 9.17) is 0 Å². The van der Waals surface area contributed by atoms with Gasteiger partial charge in [0.25, 0.3) is 5.91 Å². The van der Waals surface area contributed by atoms with E-state index >= 15 is 0 Å². The molecule has 0 aliphatic carbocycles. The Bertz CT molecular complexity index is 424. The quantitative estimate of drug-likeness (QED) is 0.773. The van der Waals surface area contributed by atoms with Crippen molar-refractivity contribution < 1.29 is 4.79 Å². The zero-order valence-corrected chi connectivity index (χ0v) is 12.1. The van der Waals surface area contributed by atoms with E-state index in [9.17, 15) is 4.79 Å². The fraction of sp³-hybridized carbons (Fsp3) is 0.500. The number of likely N-dealkylation sites (tertiary alicyclic amines) is 1. The van der Waals surface area contributed by atoms with Crippen LogP contribution in [0.4, 0.5) is 0 Å². The van der Waals surface area contributed by atoms with E-state index in [1.54, 1.807) is 0 Å². The first kappa shape index (κ1) is 12.6. The fourth-order valence-corrected chi connectivity index (χ4v) is 2.89. The van der Waals surface area contributed by atoms with Crippen molar-refractivity contribution in [1.82, 2.24) is 4.90 Å². The maximum absolute atomic E-state index is 12.4. The number of amides is 1. The summed E-state index contributed by atoms with van der Waals surface area (Å²) in [7, 11) is 0. The Balaban J connectivity index is 2.18. The summed E-state index contributed by atoms with van der Waals surface area (Å²) in [5.41, 5.74) is 1.02. The lowest BCUT2D eigenvalue weighted by atomic mass is 9.91. The van der Waals surface area contributed by atoms with Crippen LogP contribution in [0.25, 0.3) is 0 Å². The summed E-state index contributed by atoms with van der Waals surface area (Å²) < 4.78 is 1.00. The van der Waals surface area contributed by atoms with Crippen LogP contribution in [0, 0.1) is 5.41 Å². The lowest BCUT2D eigenvalue weighted by Gasteiger charge is -2.22. The Morgan fingerprint density at radius 2 is 1.94 bits per heavy atom. The first-order chi connectivity index (χ1) is 7.89. The summed E-state index contributed by atoms with van der Waals surface area (Å²) in [6, 6.07) is 7.92.